The maximum atomic E-state index is 5.74. The topological polar surface area (TPSA) is 40.6 Å². The third kappa shape index (κ3) is 4.72. The Morgan fingerprint density at radius 3 is 2.35 bits per heavy atom. The Bertz CT molecular complexity index is 699. The smallest absolute Gasteiger partial charge is 0.273 e. The summed E-state index contributed by atoms with van der Waals surface area (Å²) in [5.74, 6) is 2.36. The van der Waals surface area contributed by atoms with E-state index in [-0.39, 0.29) is 6.10 Å². The zero-order valence-electron chi connectivity index (χ0n) is 12.7. The molecule has 1 atom stereocenters. The molecule has 1 aromatic heterocycles. The number of hydrogen-bond acceptors (Lipinski definition) is 5. The van der Waals surface area contributed by atoms with Crippen LogP contribution >= 0.6 is 11.3 Å². The van der Waals surface area contributed by atoms with Crippen molar-refractivity contribution in [2.24, 2.45) is 0 Å². The van der Waals surface area contributed by atoms with Crippen molar-refractivity contribution in [3.05, 3.63) is 66.2 Å². The third-order valence-corrected chi connectivity index (χ3v) is 3.66. The molecule has 0 saturated heterocycles. The van der Waals surface area contributed by atoms with Crippen LogP contribution in [0.15, 0.2) is 66.2 Å². The van der Waals surface area contributed by atoms with Crippen LogP contribution in [0.3, 0.4) is 0 Å². The molecule has 0 spiro atoms. The standard InChI is InChI=1S/C18H17NO3S/c1-14(21-18-19-11-12-23-18)13-20-15-7-9-17(10-8-15)22-16-5-3-2-4-6-16/h2-12,14H,13H2,1H3. The Hall–Kier alpha value is -2.53. The Labute approximate surface area is 139 Å². The molecule has 2 aromatic carbocycles. The fourth-order valence-electron chi connectivity index (χ4n) is 1.92. The molecule has 118 valence electrons. The number of thiazole rings is 1. The Kier molecular flexibility index (Phi) is 5.11. The third-order valence-electron chi connectivity index (χ3n) is 3.00. The molecule has 0 radical (unpaired) electrons. The summed E-state index contributed by atoms with van der Waals surface area (Å²) in [6.45, 7) is 2.41. The molecular formula is C18H17NO3S. The first-order valence-corrected chi connectivity index (χ1v) is 8.19. The van der Waals surface area contributed by atoms with Gasteiger partial charge in [0.2, 0.25) is 0 Å². The van der Waals surface area contributed by atoms with E-state index in [1.807, 2.05) is 66.9 Å². The SMILES string of the molecule is CC(COc1ccc(Oc2ccccc2)cc1)Oc1nccs1. The summed E-state index contributed by atoms with van der Waals surface area (Å²) in [5.41, 5.74) is 0. The quantitative estimate of drug-likeness (QED) is 0.626. The summed E-state index contributed by atoms with van der Waals surface area (Å²) in [6, 6.07) is 17.2. The first-order valence-electron chi connectivity index (χ1n) is 7.31. The number of hydrogen-bond donors (Lipinski definition) is 0. The van der Waals surface area contributed by atoms with Gasteiger partial charge in [-0.05, 0) is 43.3 Å². The molecule has 0 amide bonds. The number of benzene rings is 2. The fraction of sp³-hybridized carbons (Fsp3) is 0.167. The molecule has 3 aromatic rings. The van der Waals surface area contributed by atoms with Gasteiger partial charge < -0.3 is 14.2 Å². The van der Waals surface area contributed by atoms with Crippen LogP contribution in [0.25, 0.3) is 0 Å². The van der Waals surface area contributed by atoms with E-state index in [1.165, 1.54) is 11.3 Å². The number of ether oxygens (including phenoxy) is 3. The van der Waals surface area contributed by atoms with Gasteiger partial charge in [0.25, 0.3) is 5.19 Å². The minimum atomic E-state index is -0.0682. The predicted molar refractivity (Wildman–Crippen MR) is 90.7 cm³/mol. The Morgan fingerprint density at radius 2 is 1.65 bits per heavy atom. The number of rotatable bonds is 7. The summed E-state index contributed by atoms with van der Waals surface area (Å²) < 4.78 is 17.1. The summed E-state index contributed by atoms with van der Waals surface area (Å²) in [6.07, 6.45) is 1.65. The Morgan fingerprint density at radius 1 is 0.957 bits per heavy atom. The highest BCUT2D eigenvalue weighted by atomic mass is 32.1. The van der Waals surface area contributed by atoms with Crippen molar-refractivity contribution in [3.8, 4) is 22.4 Å². The molecule has 0 saturated carbocycles. The van der Waals surface area contributed by atoms with Crippen molar-refractivity contribution in [1.82, 2.24) is 4.98 Å². The largest absolute Gasteiger partial charge is 0.490 e. The fourth-order valence-corrected chi connectivity index (χ4v) is 2.50. The zero-order valence-corrected chi connectivity index (χ0v) is 13.5. The highest BCUT2D eigenvalue weighted by molar-refractivity contribution is 7.11. The second-order valence-corrected chi connectivity index (χ2v) is 5.78. The normalized spacial score (nSPS) is 11.7. The molecule has 0 N–H and O–H groups in total. The van der Waals surface area contributed by atoms with Crippen molar-refractivity contribution in [1.29, 1.82) is 0 Å². The minimum Gasteiger partial charge on any atom is -0.490 e. The molecule has 3 rings (SSSR count). The molecule has 23 heavy (non-hydrogen) atoms. The average molecular weight is 327 g/mol. The molecule has 4 nitrogen and oxygen atoms in total. The van der Waals surface area contributed by atoms with Crippen LogP contribution in [0.1, 0.15) is 6.92 Å². The van der Waals surface area contributed by atoms with Crippen molar-refractivity contribution in [2.75, 3.05) is 6.61 Å². The number of para-hydroxylation sites is 1. The lowest BCUT2D eigenvalue weighted by Gasteiger charge is -2.14. The molecule has 5 heteroatoms. The van der Waals surface area contributed by atoms with Crippen molar-refractivity contribution >= 4 is 11.3 Å². The van der Waals surface area contributed by atoms with Crippen LogP contribution in [0.2, 0.25) is 0 Å². The minimum absolute atomic E-state index is 0.0682. The van der Waals surface area contributed by atoms with E-state index in [0.29, 0.717) is 11.8 Å². The van der Waals surface area contributed by atoms with Crippen LogP contribution in [0, 0.1) is 0 Å². The van der Waals surface area contributed by atoms with Crippen molar-refractivity contribution in [2.45, 2.75) is 13.0 Å². The van der Waals surface area contributed by atoms with E-state index in [4.69, 9.17) is 14.2 Å². The van der Waals surface area contributed by atoms with Crippen LogP contribution < -0.4 is 14.2 Å². The van der Waals surface area contributed by atoms with Gasteiger partial charge in [-0.1, -0.05) is 29.5 Å². The molecule has 0 bridgehead atoms. The van der Waals surface area contributed by atoms with Gasteiger partial charge in [0.05, 0.1) is 0 Å². The van der Waals surface area contributed by atoms with Crippen LogP contribution in [-0.2, 0) is 0 Å². The molecule has 0 aliphatic heterocycles. The van der Waals surface area contributed by atoms with E-state index < -0.39 is 0 Å². The van der Waals surface area contributed by atoms with E-state index in [1.54, 1.807) is 6.20 Å². The van der Waals surface area contributed by atoms with Crippen LogP contribution in [0.5, 0.6) is 22.4 Å². The summed E-state index contributed by atoms with van der Waals surface area (Å²) >= 11 is 1.47. The maximum absolute atomic E-state index is 5.74. The lowest BCUT2D eigenvalue weighted by Crippen LogP contribution is -2.20. The first-order chi connectivity index (χ1) is 11.3. The monoisotopic (exact) mass is 327 g/mol. The molecule has 0 aliphatic rings. The summed E-state index contributed by atoms with van der Waals surface area (Å²) in [7, 11) is 0. The van der Waals surface area contributed by atoms with Crippen molar-refractivity contribution in [3.63, 3.8) is 0 Å². The van der Waals surface area contributed by atoms with E-state index in [0.717, 1.165) is 17.2 Å². The maximum Gasteiger partial charge on any atom is 0.273 e. The van der Waals surface area contributed by atoms with E-state index in [9.17, 15) is 0 Å². The number of aromatic nitrogens is 1. The zero-order chi connectivity index (χ0) is 15.9. The highest BCUT2D eigenvalue weighted by Crippen LogP contribution is 2.23. The van der Waals surface area contributed by atoms with Crippen LogP contribution in [0.4, 0.5) is 0 Å². The average Bonchev–Trinajstić information content (AvgIpc) is 3.08. The summed E-state index contributed by atoms with van der Waals surface area (Å²) in [5, 5.41) is 2.54. The van der Waals surface area contributed by atoms with Gasteiger partial charge in [-0.2, -0.15) is 0 Å². The van der Waals surface area contributed by atoms with Gasteiger partial charge in [-0.25, -0.2) is 4.98 Å². The van der Waals surface area contributed by atoms with Gasteiger partial charge >= 0.3 is 0 Å². The first kappa shape index (κ1) is 15.4. The molecular weight excluding hydrogens is 310 g/mol. The lowest BCUT2D eigenvalue weighted by molar-refractivity contribution is 0.142. The van der Waals surface area contributed by atoms with E-state index in [2.05, 4.69) is 4.98 Å². The van der Waals surface area contributed by atoms with Gasteiger partial charge in [0, 0.05) is 11.6 Å². The highest BCUT2D eigenvalue weighted by Gasteiger charge is 2.07. The second kappa shape index (κ2) is 7.65. The van der Waals surface area contributed by atoms with Gasteiger partial charge in [0.1, 0.15) is 30.0 Å². The van der Waals surface area contributed by atoms with Crippen molar-refractivity contribution < 1.29 is 14.2 Å². The Balaban J connectivity index is 1.49. The lowest BCUT2D eigenvalue weighted by atomic mass is 10.3. The van der Waals surface area contributed by atoms with Gasteiger partial charge in [0.15, 0.2) is 0 Å². The van der Waals surface area contributed by atoms with Gasteiger partial charge in [-0.15, -0.1) is 0 Å². The summed E-state index contributed by atoms with van der Waals surface area (Å²) in [4.78, 5) is 4.09. The molecule has 1 heterocycles. The second-order valence-electron chi connectivity index (χ2n) is 4.92. The van der Waals surface area contributed by atoms with Gasteiger partial charge in [-0.3, -0.25) is 0 Å². The van der Waals surface area contributed by atoms with E-state index >= 15 is 0 Å². The molecule has 0 aliphatic carbocycles. The molecule has 1 unspecified atom stereocenters. The number of nitrogens with zero attached hydrogens (tertiary/aromatic N) is 1. The predicted octanol–water partition coefficient (Wildman–Crippen LogP) is 4.78. The van der Waals surface area contributed by atoms with Crippen LogP contribution in [-0.4, -0.2) is 17.7 Å². The molecule has 0 fully saturated rings.